The highest BCUT2D eigenvalue weighted by Crippen LogP contribution is 2.24. The van der Waals surface area contributed by atoms with Gasteiger partial charge in [-0.1, -0.05) is 11.2 Å². The zero-order valence-electron chi connectivity index (χ0n) is 15.4. The average molecular weight is 414 g/mol. The summed E-state index contributed by atoms with van der Waals surface area (Å²) >= 11 is 0. The molecule has 1 fully saturated rings. The van der Waals surface area contributed by atoms with Gasteiger partial charge in [0.1, 0.15) is 11.6 Å². The highest BCUT2D eigenvalue weighted by atomic mass is 32.2. The van der Waals surface area contributed by atoms with E-state index >= 15 is 0 Å². The predicted octanol–water partition coefficient (Wildman–Crippen LogP) is 1.59. The van der Waals surface area contributed by atoms with E-state index in [9.17, 15) is 22.0 Å². The van der Waals surface area contributed by atoms with Gasteiger partial charge in [0.15, 0.2) is 4.90 Å². The van der Waals surface area contributed by atoms with Crippen LogP contribution < -0.4 is 5.32 Å². The van der Waals surface area contributed by atoms with E-state index in [4.69, 9.17) is 4.52 Å². The fraction of sp³-hybridized carbons (Fsp3) is 0.412. The van der Waals surface area contributed by atoms with Crippen LogP contribution in [0.15, 0.2) is 33.7 Å². The SMILES string of the molecule is Cc1cc(NC(=O)C(C)N2CCN(S(=O)(=O)c3c(F)cccc3F)CC2)on1. The van der Waals surface area contributed by atoms with Crippen LogP contribution in [0.1, 0.15) is 12.6 Å². The van der Waals surface area contributed by atoms with Gasteiger partial charge < -0.3 is 4.52 Å². The number of nitrogens with zero attached hydrogens (tertiary/aromatic N) is 3. The van der Waals surface area contributed by atoms with Crippen molar-refractivity contribution in [3.8, 4) is 0 Å². The van der Waals surface area contributed by atoms with Crippen LogP contribution in [0.25, 0.3) is 0 Å². The van der Waals surface area contributed by atoms with Crippen LogP contribution >= 0.6 is 0 Å². The minimum atomic E-state index is -4.31. The fourth-order valence-electron chi connectivity index (χ4n) is 3.00. The monoisotopic (exact) mass is 414 g/mol. The third-order valence-electron chi connectivity index (χ3n) is 4.59. The van der Waals surface area contributed by atoms with Crippen molar-refractivity contribution in [2.45, 2.75) is 24.8 Å². The molecule has 0 aliphatic carbocycles. The van der Waals surface area contributed by atoms with E-state index in [-0.39, 0.29) is 38.0 Å². The maximum absolute atomic E-state index is 13.9. The van der Waals surface area contributed by atoms with Crippen LogP contribution in [-0.4, -0.2) is 60.9 Å². The number of anilines is 1. The summed E-state index contributed by atoms with van der Waals surface area (Å²) in [5, 5.41) is 6.28. The molecule has 0 radical (unpaired) electrons. The first-order chi connectivity index (χ1) is 13.2. The molecule has 28 heavy (non-hydrogen) atoms. The van der Waals surface area contributed by atoms with E-state index < -0.39 is 32.6 Å². The lowest BCUT2D eigenvalue weighted by Gasteiger charge is -2.36. The quantitative estimate of drug-likeness (QED) is 0.799. The van der Waals surface area contributed by atoms with Crippen LogP contribution in [0.4, 0.5) is 14.7 Å². The van der Waals surface area contributed by atoms with Crippen molar-refractivity contribution in [3.63, 3.8) is 0 Å². The Morgan fingerprint density at radius 3 is 2.36 bits per heavy atom. The predicted molar refractivity (Wildman–Crippen MR) is 96.0 cm³/mol. The summed E-state index contributed by atoms with van der Waals surface area (Å²) in [7, 11) is -4.31. The number of carbonyl (C=O) groups excluding carboxylic acids is 1. The molecule has 1 N–H and O–H groups in total. The number of piperazine rings is 1. The van der Waals surface area contributed by atoms with Crippen LogP contribution in [0.3, 0.4) is 0 Å². The van der Waals surface area contributed by atoms with Crippen molar-refractivity contribution in [2.24, 2.45) is 0 Å². The van der Waals surface area contributed by atoms with Gasteiger partial charge in [-0.2, -0.15) is 4.31 Å². The molecule has 1 aliphatic heterocycles. The van der Waals surface area contributed by atoms with Gasteiger partial charge >= 0.3 is 0 Å². The normalized spacial score (nSPS) is 17.4. The van der Waals surface area contributed by atoms with Crippen molar-refractivity contribution in [2.75, 3.05) is 31.5 Å². The van der Waals surface area contributed by atoms with Crippen molar-refractivity contribution in [1.82, 2.24) is 14.4 Å². The number of hydrogen-bond acceptors (Lipinski definition) is 6. The third-order valence-corrected chi connectivity index (χ3v) is 6.54. The topological polar surface area (TPSA) is 95.8 Å². The highest BCUT2D eigenvalue weighted by molar-refractivity contribution is 7.89. The zero-order chi connectivity index (χ0) is 20.5. The molecule has 3 rings (SSSR count). The number of hydrogen-bond donors (Lipinski definition) is 1. The third kappa shape index (κ3) is 4.05. The molecule has 8 nitrogen and oxygen atoms in total. The zero-order valence-corrected chi connectivity index (χ0v) is 16.2. The first kappa shape index (κ1) is 20.4. The Bertz CT molecular complexity index is 951. The number of carbonyl (C=O) groups is 1. The van der Waals surface area contributed by atoms with Crippen LogP contribution in [0.5, 0.6) is 0 Å². The van der Waals surface area contributed by atoms with Gasteiger partial charge in [-0.05, 0) is 26.0 Å². The first-order valence-corrected chi connectivity index (χ1v) is 10.1. The number of aromatic nitrogens is 1. The Kier molecular flexibility index (Phi) is 5.77. The molecular formula is C17H20F2N4O4S. The van der Waals surface area contributed by atoms with Crippen molar-refractivity contribution >= 4 is 21.8 Å². The van der Waals surface area contributed by atoms with Gasteiger partial charge in [-0.3, -0.25) is 15.0 Å². The van der Waals surface area contributed by atoms with E-state index in [2.05, 4.69) is 10.5 Å². The summed E-state index contributed by atoms with van der Waals surface area (Å²) in [5.74, 6) is -2.35. The summed E-state index contributed by atoms with van der Waals surface area (Å²) in [6.45, 7) is 3.89. The molecule has 2 aromatic rings. The number of aryl methyl sites for hydroxylation is 1. The molecule has 1 atom stereocenters. The Labute approximate surface area is 161 Å². The average Bonchev–Trinajstić information content (AvgIpc) is 3.05. The van der Waals surface area contributed by atoms with E-state index in [1.807, 2.05) is 0 Å². The highest BCUT2D eigenvalue weighted by Gasteiger charge is 2.35. The standard InChI is InChI=1S/C17H20F2N4O4S/c1-11-10-15(27-21-11)20-17(24)12(2)22-6-8-23(9-7-22)28(25,26)16-13(18)4-3-5-14(16)19/h3-5,10,12H,6-9H2,1-2H3,(H,20,24). The number of nitrogens with one attached hydrogen (secondary N) is 1. The molecular weight excluding hydrogens is 394 g/mol. The van der Waals surface area contributed by atoms with Gasteiger partial charge in [-0.25, -0.2) is 17.2 Å². The number of amides is 1. The maximum Gasteiger partial charge on any atom is 0.249 e. The van der Waals surface area contributed by atoms with Crippen molar-refractivity contribution in [3.05, 3.63) is 41.6 Å². The van der Waals surface area contributed by atoms with Gasteiger partial charge in [-0.15, -0.1) is 0 Å². The second-order valence-electron chi connectivity index (χ2n) is 6.49. The van der Waals surface area contributed by atoms with Gasteiger partial charge in [0, 0.05) is 32.2 Å². The van der Waals surface area contributed by atoms with Gasteiger partial charge in [0.25, 0.3) is 0 Å². The molecule has 152 valence electrons. The summed E-state index contributed by atoms with van der Waals surface area (Å²) < 4.78 is 59.0. The molecule has 0 bridgehead atoms. The summed E-state index contributed by atoms with van der Waals surface area (Å²) in [6.07, 6.45) is 0. The molecule has 0 spiro atoms. The minimum absolute atomic E-state index is 0.00907. The van der Waals surface area contributed by atoms with Crippen molar-refractivity contribution in [1.29, 1.82) is 0 Å². The molecule has 2 heterocycles. The molecule has 1 aromatic carbocycles. The molecule has 1 aromatic heterocycles. The molecule has 0 saturated carbocycles. The van der Waals surface area contributed by atoms with Crippen LogP contribution in [0, 0.1) is 18.6 Å². The molecule has 11 heteroatoms. The second-order valence-corrected chi connectivity index (χ2v) is 8.36. The Hall–Kier alpha value is -2.37. The Morgan fingerprint density at radius 2 is 1.82 bits per heavy atom. The molecule has 1 amide bonds. The van der Waals surface area contributed by atoms with E-state index in [0.29, 0.717) is 5.69 Å². The van der Waals surface area contributed by atoms with E-state index in [0.717, 1.165) is 22.5 Å². The lowest BCUT2D eigenvalue weighted by molar-refractivity contribution is -0.121. The Morgan fingerprint density at radius 1 is 1.21 bits per heavy atom. The maximum atomic E-state index is 13.9. The second kappa shape index (κ2) is 7.94. The summed E-state index contributed by atoms with van der Waals surface area (Å²) in [5.41, 5.74) is 0.627. The van der Waals surface area contributed by atoms with E-state index in [1.165, 1.54) is 0 Å². The number of rotatable bonds is 5. The van der Waals surface area contributed by atoms with E-state index in [1.54, 1.807) is 24.8 Å². The van der Waals surface area contributed by atoms with Crippen LogP contribution in [-0.2, 0) is 14.8 Å². The minimum Gasteiger partial charge on any atom is -0.338 e. The first-order valence-electron chi connectivity index (χ1n) is 8.62. The summed E-state index contributed by atoms with van der Waals surface area (Å²) in [4.78, 5) is 13.2. The van der Waals surface area contributed by atoms with Crippen molar-refractivity contribution < 1.29 is 26.5 Å². The number of halogens is 2. The summed E-state index contributed by atoms with van der Waals surface area (Å²) in [6, 6.07) is 3.95. The Balaban J connectivity index is 1.64. The van der Waals surface area contributed by atoms with Gasteiger partial charge in [0.2, 0.25) is 21.8 Å². The molecule has 1 aliphatic rings. The lowest BCUT2D eigenvalue weighted by atomic mass is 10.2. The lowest BCUT2D eigenvalue weighted by Crippen LogP contribution is -2.54. The van der Waals surface area contributed by atoms with Gasteiger partial charge in [0.05, 0.1) is 11.7 Å². The largest absolute Gasteiger partial charge is 0.338 e. The molecule has 1 saturated heterocycles. The number of sulfonamides is 1. The molecule has 1 unspecified atom stereocenters. The number of benzene rings is 1. The van der Waals surface area contributed by atoms with Crippen LogP contribution in [0.2, 0.25) is 0 Å². The smallest absolute Gasteiger partial charge is 0.249 e. The fourth-order valence-corrected chi connectivity index (χ4v) is 4.53.